The van der Waals surface area contributed by atoms with Crippen molar-refractivity contribution in [1.82, 2.24) is 0 Å². The third-order valence-corrected chi connectivity index (χ3v) is 3.59. The fourth-order valence-electron chi connectivity index (χ4n) is 1.82. The van der Waals surface area contributed by atoms with Gasteiger partial charge in [-0.25, -0.2) is 14.4 Å². The molecule has 0 saturated heterocycles. The Balaban J connectivity index is 3.44. The molecular weight excluding hydrogens is 408 g/mol. The molecule has 0 aliphatic rings. The number of rotatable bonds is 7. The number of carbonyl (C=O) groups excluding carboxylic acids is 4. The van der Waals surface area contributed by atoms with Gasteiger partial charge in [0.2, 0.25) is 0 Å². The largest absolute Gasteiger partial charge is 0.466 e. The molecule has 0 aliphatic heterocycles. The summed E-state index contributed by atoms with van der Waals surface area (Å²) in [4.78, 5) is 48.3. The molecule has 0 fully saturated rings. The van der Waals surface area contributed by atoms with E-state index in [1.165, 1.54) is 12.1 Å². The fraction of sp³-hybridized carbons (Fsp3) is 0.222. The van der Waals surface area contributed by atoms with E-state index < -0.39 is 34.8 Å². The van der Waals surface area contributed by atoms with E-state index in [9.17, 15) is 19.2 Å². The molecule has 0 bridgehead atoms. The average Bonchev–Trinajstić information content (AvgIpc) is 2.64. The van der Waals surface area contributed by atoms with Gasteiger partial charge in [-0.2, -0.15) is 0 Å². The first-order valence-corrected chi connectivity index (χ1v) is 8.20. The highest BCUT2D eigenvalue weighted by Gasteiger charge is 2.25. The Labute approximate surface area is 158 Å². The van der Waals surface area contributed by atoms with Gasteiger partial charge in [-0.05, 0) is 31.2 Å². The summed E-state index contributed by atoms with van der Waals surface area (Å²) in [5.74, 6) is -3.38. The number of methoxy groups -OCH3 is 2. The zero-order chi connectivity index (χ0) is 19.7. The van der Waals surface area contributed by atoms with Crippen molar-refractivity contribution in [1.29, 1.82) is 0 Å². The minimum Gasteiger partial charge on any atom is -0.466 e. The molecule has 0 aliphatic carbocycles. The number of esters is 3. The molecule has 1 rings (SSSR count). The summed E-state index contributed by atoms with van der Waals surface area (Å²) in [5, 5.41) is 0. The van der Waals surface area contributed by atoms with E-state index in [1.807, 2.05) is 0 Å². The number of halogens is 1. The van der Waals surface area contributed by atoms with Crippen molar-refractivity contribution in [2.75, 3.05) is 20.8 Å². The minimum atomic E-state index is -0.988. The van der Waals surface area contributed by atoms with Gasteiger partial charge in [0.1, 0.15) is 0 Å². The molecule has 0 aromatic heterocycles. The number of allylic oxidation sites excluding steroid dienone is 1. The lowest BCUT2D eigenvalue weighted by Crippen LogP contribution is -2.19. The van der Waals surface area contributed by atoms with Crippen LogP contribution in [-0.4, -0.2) is 44.5 Å². The molecule has 0 N–H and O–H groups in total. The summed E-state index contributed by atoms with van der Waals surface area (Å²) in [6.45, 7) is 1.57. The van der Waals surface area contributed by atoms with Crippen molar-refractivity contribution in [2.24, 2.45) is 0 Å². The van der Waals surface area contributed by atoms with Gasteiger partial charge in [-0.1, -0.05) is 15.9 Å². The van der Waals surface area contributed by atoms with E-state index in [4.69, 9.17) is 4.74 Å². The van der Waals surface area contributed by atoms with E-state index >= 15 is 0 Å². The Kier molecular flexibility index (Phi) is 8.44. The molecule has 0 unspecified atom stereocenters. The van der Waals surface area contributed by atoms with Crippen LogP contribution >= 0.6 is 15.9 Å². The van der Waals surface area contributed by atoms with Crippen LogP contribution in [0, 0.1) is 0 Å². The summed E-state index contributed by atoms with van der Waals surface area (Å²) in [6.07, 6.45) is 1.69. The monoisotopic (exact) mass is 424 g/mol. The van der Waals surface area contributed by atoms with Crippen molar-refractivity contribution < 1.29 is 33.4 Å². The van der Waals surface area contributed by atoms with Gasteiger partial charge in [0, 0.05) is 22.2 Å². The number of benzene rings is 1. The molecule has 138 valence electrons. The summed E-state index contributed by atoms with van der Waals surface area (Å²) in [6, 6.07) is 6.37. The van der Waals surface area contributed by atoms with Crippen LogP contribution in [0.4, 0.5) is 0 Å². The normalized spacial score (nSPS) is 11.5. The third-order valence-electron chi connectivity index (χ3n) is 3.06. The van der Waals surface area contributed by atoms with Gasteiger partial charge in [-0.15, -0.1) is 0 Å². The van der Waals surface area contributed by atoms with Gasteiger partial charge in [0.15, 0.2) is 5.78 Å². The number of carbonyl (C=O) groups is 4. The Bertz CT molecular complexity index is 760. The third kappa shape index (κ3) is 5.96. The Morgan fingerprint density at radius 1 is 0.923 bits per heavy atom. The van der Waals surface area contributed by atoms with Crippen LogP contribution in [0.5, 0.6) is 0 Å². The zero-order valence-electron chi connectivity index (χ0n) is 14.4. The SMILES string of the molecule is CCOC(=O)C(=C\C(=O)c1ccc(Br)cc1)/C(=C/C(=O)OC)C(=O)OC. The predicted octanol–water partition coefficient (Wildman–Crippen LogP) is 2.39. The molecule has 0 amide bonds. The Morgan fingerprint density at radius 3 is 2.00 bits per heavy atom. The first kappa shape index (κ1) is 21.3. The standard InChI is InChI=1S/C18H17BrO7/c1-4-26-18(23)13(14(17(22)25-3)10-16(21)24-2)9-15(20)11-5-7-12(19)8-6-11/h5-10H,4H2,1-3H3/b13-9-,14-10-. The predicted molar refractivity (Wildman–Crippen MR) is 95.3 cm³/mol. The van der Waals surface area contributed by atoms with E-state index in [0.29, 0.717) is 0 Å². The van der Waals surface area contributed by atoms with Gasteiger partial charge in [0.25, 0.3) is 0 Å². The van der Waals surface area contributed by atoms with Crippen LogP contribution in [0.3, 0.4) is 0 Å². The topological polar surface area (TPSA) is 96.0 Å². The molecular formula is C18H17BrO7. The maximum atomic E-state index is 12.5. The number of hydrogen-bond acceptors (Lipinski definition) is 7. The van der Waals surface area contributed by atoms with Crippen LogP contribution in [0.15, 0.2) is 52.0 Å². The summed E-state index contributed by atoms with van der Waals surface area (Å²) in [5.41, 5.74) is -0.572. The summed E-state index contributed by atoms with van der Waals surface area (Å²) >= 11 is 3.25. The molecule has 0 atom stereocenters. The molecule has 8 heteroatoms. The van der Waals surface area contributed by atoms with E-state index in [2.05, 4.69) is 25.4 Å². The Morgan fingerprint density at radius 2 is 1.50 bits per heavy atom. The highest BCUT2D eigenvalue weighted by Crippen LogP contribution is 2.18. The van der Waals surface area contributed by atoms with E-state index in [1.54, 1.807) is 19.1 Å². The van der Waals surface area contributed by atoms with Crippen molar-refractivity contribution in [3.63, 3.8) is 0 Å². The molecule has 0 heterocycles. The second-order valence-electron chi connectivity index (χ2n) is 4.72. The van der Waals surface area contributed by atoms with Crippen LogP contribution in [0.1, 0.15) is 17.3 Å². The first-order chi connectivity index (χ1) is 12.3. The van der Waals surface area contributed by atoms with Crippen LogP contribution in [0.25, 0.3) is 0 Å². The van der Waals surface area contributed by atoms with Gasteiger partial charge in [-0.3, -0.25) is 4.79 Å². The summed E-state index contributed by atoms with van der Waals surface area (Å²) < 4.78 is 14.7. The average molecular weight is 425 g/mol. The van der Waals surface area contributed by atoms with E-state index in [0.717, 1.165) is 30.8 Å². The molecule has 0 spiro atoms. The zero-order valence-corrected chi connectivity index (χ0v) is 16.0. The van der Waals surface area contributed by atoms with Crippen molar-refractivity contribution in [3.05, 3.63) is 57.6 Å². The molecule has 0 radical (unpaired) electrons. The number of hydrogen-bond donors (Lipinski definition) is 0. The molecule has 1 aromatic rings. The first-order valence-electron chi connectivity index (χ1n) is 7.41. The van der Waals surface area contributed by atoms with Gasteiger partial charge >= 0.3 is 17.9 Å². The molecule has 26 heavy (non-hydrogen) atoms. The smallest absolute Gasteiger partial charge is 0.339 e. The highest BCUT2D eigenvalue weighted by atomic mass is 79.9. The molecule has 0 saturated carbocycles. The van der Waals surface area contributed by atoms with Crippen LogP contribution in [0.2, 0.25) is 0 Å². The maximum Gasteiger partial charge on any atom is 0.339 e. The highest BCUT2D eigenvalue weighted by molar-refractivity contribution is 9.10. The van der Waals surface area contributed by atoms with E-state index in [-0.39, 0.29) is 12.2 Å². The van der Waals surface area contributed by atoms with Crippen molar-refractivity contribution in [2.45, 2.75) is 6.92 Å². The lowest BCUT2D eigenvalue weighted by atomic mass is 10.0. The molecule has 7 nitrogen and oxygen atoms in total. The second-order valence-corrected chi connectivity index (χ2v) is 5.64. The van der Waals surface area contributed by atoms with Crippen molar-refractivity contribution >= 4 is 39.6 Å². The Hall–Kier alpha value is -2.74. The van der Waals surface area contributed by atoms with Crippen molar-refractivity contribution in [3.8, 4) is 0 Å². The lowest BCUT2D eigenvalue weighted by molar-refractivity contribution is -0.141. The number of ketones is 1. The number of ether oxygens (including phenoxy) is 3. The van der Waals surface area contributed by atoms with Gasteiger partial charge < -0.3 is 14.2 Å². The quantitative estimate of drug-likeness (QED) is 0.218. The lowest BCUT2D eigenvalue weighted by Gasteiger charge is -2.10. The van der Waals surface area contributed by atoms with Crippen LogP contribution in [-0.2, 0) is 28.6 Å². The second kappa shape index (κ2) is 10.3. The molecule has 1 aromatic carbocycles. The maximum absolute atomic E-state index is 12.5. The van der Waals surface area contributed by atoms with Gasteiger partial charge in [0.05, 0.1) is 32.0 Å². The van der Waals surface area contributed by atoms with Crippen LogP contribution < -0.4 is 0 Å². The fourth-order valence-corrected chi connectivity index (χ4v) is 2.08. The minimum absolute atomic E-state index is 0.00925. The summed E-state index contributed by atoms with van der Waals surface area (Å²) in [7, 11) is 2.18.